The van der Waals surface area contributed by atoms with Crippen LogP contribution in [0.1, 0.15) is 68.9 Å². The van der Waals surface area contributed by atoms with Crippen LogP contribution in [0.5, 0.6) is 0 Å². The highest BCUT2D eigenvalue weighted by atomic mass is 16.5. The fourth-order valence-corrected chi connectivity index (χ4v) is 5.80. The van der Waals surface area contributed by atoms with Gasteiger partial charge in [0.05, 0.1) is 17.5 Å². The third kappa shape index (κ3) is 4.77. The third-order valence-corrected chi connectivity index (χ3v) is 7.94. The molecule has 7 heteroatoms. The Bertz CT molecular complexity index is 1110. The van der Waals surface area contributed by atoms with Gasteiger partial charge in [-0.1, -0.05) is 48.5 Å². The summed E-state index contributed by atoms with van der Waals surface area (Å²) in [6.07, 6.45) is 3.67. The van der Waals surface area contributed by atoms with E-state index in [1.807, 2.05) is 31.2 Å². The van der Waals surface area contributed by atoms with Crippen LogP contribution in [0.25, 0.3) is 11.1 Å². The van der Waals surface area contributed by atoms with Gasteiger partial charge in [0.1, 0.15) is 6.61 Å². The summed E-state index contributed by atoms with van der Waals surface area (Å²) >= 11 is 0. The number of carbonyl (C=O) groups is 3. The molecule has 2 amide bonds. The van der Waals surface area contributed by atoms with E-state index >= 15 is 0 Å². The molecule has 0 aromatic heterocycles. The molecule has 5 rings (SSSR count). The Morgan fingerprint density at radius 1 is 1.03 bits per heavy atom. The molecule has 0 bridgehead atoms. The second-order valence-electron chi connectivity index (χ2n) is 10.6. The van der Waals surface area contributed by atoms with Gasteiger partial charge in [-0.05, 0) is 67.2 Å². The van der Waals surface area contributed by atoms with Gasteiger partial charge in [0.25, 0.3) is 0 Å². The van der Waals surface area contributed by atoms with E-state index in [-0.39, 0.29) is 37.2 Å². The molecule has 35 heavy (non-hydrogen) atoms. The number of carboxylic acids is 1. The second kappa shape index (κ2) is 9.02. The van der Waals surface area contributed by atoms with Crippen LogP contribution >= 0.6 is 0 Å². The number of ether oxygens (including phenoxy) is 1. The fourth-order valence-electron chi connectivity index (χ4n) is 5.80. The molecule has 3 aliphatic rings. The summed E-state index contributed by atoms with van der Waals surface area (Å²) in [5.41, 5.74) is 3.25. The maximum Gasteiger partial charge on any atom is 0.407 e. The molecule has 0 heterocycles. The van der Waals surface area contributed by atoms with Crippen molar-refractivity contribution in [3.63, 3.8) is 0 Å². The van der Waals surface area contributed by atoms with Gasteiger partial charge in [-0.3, -0.25) is 9.59 Å². The zero-order valence-corrected chi connectivity index (χ0v) is 20.0. The molecule has 7 nitrogen and oxygen atoms in total. The first-order valence-corrected chi connectivity index (χ1v) is 12.4. The first kappa shape index (κ1) is 23.4. The van der Waals surface area contributed by atoms with E-state index in [1.54, 1.807) is 0 Å². The van der Waals surface area contributed by atoms with E-state index in [2.05, 4.69) is 34.9 Å². The molecule has 1 unspecified atom stereocenters. The zero-order valence-electron chi connectivity index (χ0n) is 20.0. The Balaban J connectivity index is 1.20. The summed E-state index contributed by atoms with van der Waals surface area (Å²) in [6, 6.07) is 16.4. The van der Waals surface area contributed by atoms with Crippen LogP contribution in [0.3, 0.4) is 0 Å². The smallest absolute Gasteiger partial charge is 0.407 e. The average molecular weight is 477 g/mol. The van der Waals surface area contributed by atoms with E-state index in [1.165, 1.54) is 11.1 Å². The molecule has 0 aliphatic heterocycles. The van der Waals surface area contributed by atoms with Crippen molar-refractivity contribution in [3.05, 3.63) is 59.7 Å². The van der Waals surface area contributed by atoms with E-state index in [4.69, 9.17) is 4.74 Å². The Labute approximate surface area is 205 Å². The summed E-state index contributed by atoms with van der Waals surface area (Å²) < 4.78 is 5.69. The number of fused-ring (bicyclic) bond motifs is 3. The van der Waals surface area contributed by atoms with Gasteiger partial charge in [-0.25, -0.2) is 4.79 Å². The van der Waals surface area contributed by atoms with Crippen molar-refractivity contribution in [2.45, 2.75) is 68.9 Å². The molecular formula is C28H32N2O5. The van der Waals surface area contributed by atoms with Gasteiger partial charge in [-0.15, -0.1) is 0 Å². The van der Waals surface area contributed by atoms with Crippen LogP contribution in [-0.4, -0.2) is 40.8 Å². The van der Waals surface area contributed by atoms with Crippen molar-refractivity contribution < 1.29 is 24.2 Å². The number of benzene rings is 2. The monoisotopic (exact) mass is 476 g/mol. The normalized spacial score (nSPS) is 19.5. The number of hydrogen-bond donors (Lipinski definition) is 3. The van der Waals surface area contributed by atoms with Gasteiger partial charge in [0.15, 0.2) is 0 Å². The van der Waals surface area contributed by atoms with E-state index < -0.39 is 23.1 Å². The predicted octanol–water partition coefficient (Wildman–Crippen LogP) is 4.60. The van der Waals surface area contributed by atoms with Crippen LogP contribution < -0.4 is 10.6 Å². The van der Waals surface area contributed by atoms with Crippen LogP contribution in [0.15, 0.2) is 48.5 Å². The third-order valence-electron chi connectivity index (χ3n) is 7.94. The van der Waals surface area contributed by atoms with Crippen LogP contribution in [0.2, 0.25) is 0 Å². The van der Waals surface area contributed by atoms with Crippen LogP contribution in [0, 0.1) is 5.92 Å². The second-order valence-corrected chi connectivity index (χ2v) is 10.6. The quantitative estimate of drug-likeness (QED) is 0.491. The maximum atomic E-state index is 12.9. The number of nitrogens with one attached hydrogen (secondary N) is 2. The Morgan fingerprint density at radius 3 is 2.14 bits per heavy atom. The van der Waals surface area contributed by atoms with E-state index in [9.17, 15) is 19.5 Å². The summed E-state index contributed by atoms with van der Waals surface area (Å²) in [4.78, 5) is 37.1. The highest BCUT2D eigenvalue weighted by molar-refractivity contribution is 5.81. The number of rotatable bonds is 9. The van der Waals surface area contributed by atoms with Gasteiger partial charge in [0, 0.05) is 12.3 Å². The highest BCUT2D eigenvalue weighted by Gasteiger charge is 2.46. The summed E-state index contributed by atoms with van der Waals surface area (Å²) in [5.74, 6) is -0.979. The van der Waals surface area contributed by atoms with Crippen molar-refractivity contribution >= 4 is 18.0 Å². The molecule has 2 aromatic rings. The number of aliphatic carboxylic acids is 1. The molecule has 2 fully saturated rings. The summed E-state index contributed by atoms with van der Waals surface area (Å²) in [5, 5.41) is 15.2. The maximum absolute atomic E-state index is 12.9. The number of hydrogen-bond acceptors (Lipinski definition) is 4. The van der Waals surface area contributed by atoms with Crippen LogP contribution in [0.4, 0.5) is 4.79 Å². The predicted molar refractivity (Wildman–Crippen MR) is 131 cm³/mol. The van der Waals surface area contributed by atoms with Crippen molar-refractivity contribution in [2.24, 2.45) is 5.92 Å². The first-order valence-electron chi connectivity index (χ1n) is 12.4. The summed E-state index contributed by atoms with van der Waals surface area (Å²) in [6.45, 7) is 2.03. The largest absolute Gasteiger partial charge is 0.481 e. The van der Waals surface area contributed by atoms with Crippen molar-refractivity contribution in [1.29, 1.82) is 0 Å². The first-order chi connectivity index (χ1) is 16.8. The fraction of sp³-hybridized carbons (Fsp3) is 0.464. The van der Waals surface area contributed by atoms with Gasteiger partial charge in [-0.2, -0.15) is 0 Å². The molecule has 3 N–H and O–H groups in total. The van der Waals surface area contributed by atoms with Crippen molar-refractivity contribution in [2.75, 3.05) is 6.61 Å². The van der Waals surface area contributed by atoms with Crippen molar-refractivity contribution in [1.82, 2.24) is 10.6 Å². The Morgan fingerprint density at radius 2 is 1.63 bits per heavy atom. The molecule has 0 saturated heterocycles. The molecular weight excluding hydrogens is 444 g/mol. The molecule has 184 valence electrons. The number of alkyl carbamates (subject to hydrolysis) is 1. The number of carboxylic acid groups (broad SMARTS) is 1. The average Bonchev–Trinajstić information content (AvgIpc) is 3.60. The molecule has 0 radical (unpaired) electrons. The lowest BCUT2D eigenvalue weighted by molar-refractivity contribution is -0.139. The zero-order chi connectivity index (χ0) is 24.6. The SMILES string of the molecule is CC(CC(=O)O)(NC(=O)CC1(NC(=O)OCC2c3ccccc3-c3ccccc32)CCC1)C1CC1. The lowest BCUT2D eigenvalue weighted by Gasteiger charge is -2.42. The minimum absolute atomic E-state index is 0.0240. The standard InChI is InChI=1S/C28H32N2O5/c1-27(16-25(32)33,18-11-12-18)29-24(31)15-28(13-6-14-28)30-26(34)35-17-23-21-9-4-2-7-19(21)20-8-3-5-10-22(20)23/h2-5,7-10,18,23H,6,11-17H2,1H3,(H,29,31)(H,30,34)(H,32,33). The molecule has 1 atom stereocenters. The molecule has 3 aliphatic carbocycles. The van der Waals surface area contributed by atoms with Gasteiger partial charge < -0.3 is 20.5 Å². The highest BCUT2D eigenvalue weighted by Crippen LogP contribution is 2.45. The van der Waals surface area contributed by atoms with E-state index in [0.717, 1.165) is 30.4 Å². The minimum atomic E-state index is -0.921. The van der Waals surface area contributed by atoms with Gasteiger partial charge in [0.2, 0.25) is 5.91 Å². The van der Waals surface area contributed by atoms with Crippen LogP contribution in [-0.2, 0) is 14.3 Å². The van der Waals surface area contributed by atoms with Gasteiger partial charge >= 0.3 is 12.1 Å². The summed E-state index contributed by atoms with van der Waals surface area (Å²) in [7, 11) is 0. The number of amides is 2. The van der Waals surface area contributed by atoms with Crippen molar-refractivity contribution in [3.8, 4) is 11.1 Å². The minimum Gasteiger partial charge on any atom is -0.481 e. The topological polar surface area (TPSA) is 105 Å². The lowest BCUT2D eigenvalue weighted by atomic mass is 9.74. The Kier molecular flexibility index (Phi) is 6.03. The van der Waals surface area contributed by atoms with E-state index in [0.29, 0.717) is 12.8 Å². The lowest BCUT2D eigenvalue weighted by Crippen LogP contribution is -2.58. The Hall–Kier alpha value is -3.35. The molecule has 2 aromatic carbocycles. The molecule has 2 saturated carbocycles. The number of carbonyl (C=O) groups excluding carboxylic acids is 2. The molecule has 0 spiro atoms.